The topological polar surface area (TPSA) is 225 Å². The molecule has 0 spiro atoms. The van der Waals surface area contributed by atoms with Crippen LogP contribution < -0.4 is 21.7 Å². The maximum Gasteiger partial charge on any atom is 0.326 e. The Morgan fingerprint density at radius 1 is 0.765 bits per heavy atom. The van der Waals surface area contributed by atoms with Crippen molar-refractivity contribution in [2.75, 3.05) is 0 Å². The van der Waals surface area contributed by atoms with E-state index in [1.54, 1.807) is 27.7 Å². The monoisotopic (exact) mass is 488 g/mol. The maximum absolute atomic E-state index is 12.8. The number of carbonyl (C=O) groups is 6. The van der Waals surface area contributed by atoms with Gasteiger partial charge in [-0.15, -0.1) is 0 Å². The number of amides is 3. The molecule has 8 N–H and O–H groups in total. The van der Waals surface area contributed by atoms with E-state index in [4.69, 9.17) is 15.9 Å². The molecule has 0 aromatic carbocycles. The van der Waals surface area contributed by atoms with Gasteiger partial charge >= 0.3 is 17.9 Å². The average molecular weight is 489 g/mol. The lowest BCUT2D eigenvalue weighted by Crippen LogP contribution is -2.58. The van der Waals surface area contributed by atoms with E-state index in [-0.39, 0.29) is 24.7 Å². The van der Waals surface area contributed by atoms with Crippen molar-refractivity contribution in [3.8, 4) is 0 Å². The van der Waals surface area contributed by atoms with Gasteiger partial charge in [-0.3, -0.25) is 24.0 Å². The molecule has 0 saturated heterocycles. The first kappa shape index (κ1) is 30.8. The first-order valence-corrected chi connectivity index (χ1v) is 11.0. The molecule has 0 aliphatic rings. The first-order valence-electron chi connectivity index (χ1n) is 11.0. The van der Waals surface area contributed by atoms with Crippen LogP contribution in [0.25, 0.3) is 0 Å². The molecule has 0 saturated carbocycles. The second-order valence-electron chi connectivity index (χ2n) is 8.59. The van der Waals surface area contributed by atoms with Crippen molar-refractivity contribution in [2.24, 2.45) is 17.6 Å². The SMILES string of the molecule is CCC(C)C(N)C(=O)NC(CC(=O)O)C(=O)NC(CCC(=O)O)C(=O)NC(CC(C)C)C(=O)O. The molecular formula is C21H36N4O9. The fourth-order valence-corrected chi connectivity index (χ4v) is 2.94. The Bertz CT molecular complexity index is 757. The lowest BCUT2D eigenvalue weighted by atomic mass is 9.99. The molecule has 0 radical (unpaired) electrons. The van der Waals surface area contributed by atoms with Gasteiger partial charge in [0.1, 0.15) is 18.1 Å². The van der Waals surface area contributed by atoms with Gasteiger partial charge in [0.2, 0.25) is 17.7 Å². The zero-order valence-corrected chi connectivity index (χ0v) is 19.9. The lowest BCUT2D eigenvalue weighted by molar-refractivity contribution is -0.144. The van der Waals surface area contributed by atoms with Crippen LogP contribution in [0.15, 0.2) is 0 Å². The molecule has 0 aromatic rings. The lowest BCUT2D eigenvalue weighted by Gasteiger charge is -2.25. The Hall–Kier alpha value is -3.22. The molecule has 0 fully saturated rings. The van der Waals surface area contributed by atoms with E-state index in [2.05, 4.69) is 16.0 Å². The van der Waals surface area contributed by atoms with Crippen molar-refractivity contribution < 1.29 is 44.1 Å². The van der Waals surface area contributed by atoms with Crippen LogP contribution in [0.5, 0.6) is 0 Å². The molecule has 13 heteroatoms. The summed E-state index contributed by atoms with van der Waals surface area (Å²) in [5.41, 5.74) is 5.83. The van der Waals surface area contributed by atoms with Gasteiger partial charge in [0.25, 0.3) is 0 Å². The Kier molecular flexibility index (Phi) is 13.4. The molecule has 0 aliphatic carbocycles. The van der Waals surface area contributed by atoms with Crippen molar-refractivity contribution in [3.05, 3.63) is 0 Å². The summed E-state index contributed by atoms with van der Waals surface area (Å²) < 4.78 is 0. The Balaban J connectivity index is 5.63. The van der Waals surface area contributed by atoms with Crippen molar-refractivity contribution in [3.63, 3.8) is 0 Å². The number of hydrogen-bond donors (Lipinski definition) is 7. The minimum absolute atomic E-state index is 0.0849. The van der Waals surface area contributed by atoms with E-state index in [1.165, 1.54) is 0 Å². The van der Waals surface area contributed by atoms with E-state index in [0.29, 0.717) is 6.42 Å². The third-order valence-electron chi connectivity index (χ3n) is 5.17. The molecule has 5 atom stereocenters. The zero-order valence-electron chi connectivity index (χ0n) is 19.9. The summed E-state index contributed by atoms with van der Waals surface area (Å²) in [7, 11) is 0. The zero-order chi connectivity index (χ0) is 26.6. The normalized spacial score (nSPS) is 15.4. The smallest absolute Gasteiger partial charge is 0.326 e. The van der Waals surface area contributed by atoms with Crippen molar-refractivity contribution >= 4 is 35.6 Å². The van der Waals surface area contributed by atoms with Crippen LogP contribution in [0.1, 0.15) is 59.8 Å². The molecule has 0 heterocycles. The van der Waals surface area contributed by atoms with E-state index in [9.17, 15) is 33.9 Å². The van der Waals surface area contributed by atoms with Crippen LogP contribution in [0, 0.1) is 11.8 Å². The second-order valence-corrected chi connectivity index (χ2v) is 8.59. The van der Waals surface area contributed by atoms with Gasteiger partial charge in [-0.25, -0.2) is 4.79 Å². The van der Waals surface area contributed by atoms with Crippen LogP contribution in [0.4, 0.5) is 0 Å². The number of rotatable bonds is 16. The predicted molar refractivity (Wildman–Crippen MR) is 119 cm³/mol. The largest absolute Gasteiger partial charge is 0.481 e. The standard InChI is InChI=1S/C21H36N4O9/c1-5-11(4)17(22)20(32)24-13(9-16(28)29)19(31)23-12(6-7-15(26)27)18(30)25-14(21(33)34)8-10(2)3/h10-14,17H,5-9,22H2,1-4H3,(H,23,31)(H,24,32)(H,25,30)(H,26,27)(H,28,29)(H,33,34). The fourth-order valence-electron chi connectivity index (χ4n) is 2.94. The second kappa shape index (κ2) is 14.8. The summed E-state index contributed by atoms with van der Waals surface area (Å²) in [5, 5.41) is 34.2. The Labute approximate surface area is 197 Å². The van der Waals surface area contributed by atoms with Gasteiger partial charge < -0.3 is 37.0 Å². The maximum atomic E-state index is 12.8. The molecule has 0 aromatic heterocycles. The number of carboxylic acid groups (broad SMARTS) is 3. The number of hydrogen-bond acceptors (Lipinski definition) is 7. The van der Waals surface area contributed by atoms with Crippen LogP contribution in [0.2, 0.25) is 0 Å². The van der Waals surface area contributed by atoms with Crippen LogP contribution in [-0.2, 0) is 28.8 Å². The summed E-state index contributed by atoms with van der Waals surface area (Å²) in [5.74, 6) is -7.07. The molecule has 0 bridgehead atoms. The molecule has 194 valence electrons. The minimum atomic E-state index is -1.59. The fraction of sp³-hybridized carbons (Fsp3) is 0.714. The average Bonchev–Trinajstić information content (AvgIpc) is 2.73. The summed E-state index contributed by atoms with van der Waals surface area (Å²) in [6.45, 7) is 7.00. The third kappa shape index (κ3) is 11.6. The molecule has 0 rings (SSSR count). The van der Waals surface area contributed by atoms with Crippen molar-refractivity contribution in [1.82, 2.24) is 16.0 Å². The quantitative estimate of drug-likeness (QED) is 0.144. The van der Waals surface area contributed by atoms with Crippen LogP contribution in [-0.4, -0.2) is 75.1 Å². The number of carbonyl (C=O) groups excluding carboxylic acids is 3. The number of aliphatic carboxylic acids is 3. The van der Waals surface area contributed by atoms with E-state index < -0.39 is 72.6 Å². The highest BCUT2D eigenvalue weighted by atomic mass is 16.4. The third-order valence-corrected chi connectivity index (χ3v) is 5.17. The van der Waals surface area contributed by atoms with Gasteiger partial charge in [0.15, 0.2) is 0 Å². The molecule has 34 heavy (non-hydrogen) atoms. The van der Waals surface area contributed by atoms with Gasteiger partial charge in [-0.1, -0.05) is 34.1 Å². The number of nitrogens with two attached hydrogens (primary N) is 1. The number of carboxylic acids is 3. The summed E-state index contributed by atoms with van der Waals surface area (Å²) >= 11 is 0. The molecular weight excluding hydrogens is 452 g/mol. The van der Waals surface area contributed by atoms with Gasteiger partial charge in [-0.05, 0) is 24.7 Å². The van der Waals surface area contributed by atoms with Crippen LogP contribution in [0.3, 0.4) is 0 Å². The number of nitrogens with one attached hydrogen (secondary N) is 3. The summed E-state index contributed by atoms with van der Waals surface area (Å²) in [4.78, 5) is 71.5. The van der Waals surface area contributed by atoms with E-state index in [0.717, 1.165) is 0 Å². The predicted octanol–water partition coefficient (Wildman–Crippen LogP) is -0.716. The Morgan fingerprint density at radius 3 is 1.71 bits per heavy atom. The molecule has 0 aliphatic heterocycles. The molecule has 3 amide bonds. The van der Waals surface area contributed by atoms with Crippen LogP contribution >= 0.6 is 0 Å². The van der Waals surface area contributed by atoms with Gasteiger partial charge in [0.05, 0.1) is 12.5 Å². The van der Waals surface area contributed by atoms with E-state index in [1.807, 2.05) is 0 Å². The van der Waals surface area contributed by atoms with E-state index >= 15 is 0 Å². The summed E-state index contributed by atoms with van der Waals surface area (Å²) in [6, 6.07) is -5.35. The Morgan fingerprint density at radius 2 is 1.26 bits per heavy atom. The van der Waals surface area contributed by atoms with Crippen molar-refractivity contribution in [1.29, 1.82) is 0 Å². The highest BCUT2D eigenvalue weighted by Gasteiger charge is 2.32. The molecule has 13 nitrogen and oxygen atoms in total. The molecule has 5 unspecified atom stereocenters. The highest BCUT2D eigenvalue weighted by Crippen LogP contribution is 2.09. The summed E-state index contributed by atoms with van der Waals surface area (Å²) in [6.07, 6.45) is -1.09. The highest BCUT2D eigenvalue weighted by molar-refractivity contribution is 5.95. The first-order chi connectivity index (χ1) is 15.7. The minimum Gasteiger partial charge on any atom is -0.481 e. The van der Waals surface area contributed by atoms with Gasteiger partial charge in [0, 0.05) is 6.42 Å². The van der Waals surface area contributed by atoms with Crippen molar-refractivity contribution in [2.45, 2.75) is 84.0 Å². The van der Waals surface area contributed by atoms with Gasteiger partial charge in [-0.2, -0.15) is 0 Å².